The van der Waals surface area contributed by atoms with Crippen molar-refractivity contribution in [2.45, 2.75) is 33.6 Å². The van der Waals surface area contributed by atoms with E-state index >= 15 is 0 Å². The van der Waals surface area contributed by atoms with Crippen molar-refractivity contribution in [2.24, 2.45) is 5.16 Å². The molecule has 0 atom stereocenters. The van der Waals surface area contributed by atoms with Gasteiger partial charge in [-0.1, -0.05) is 11.2 Å². The molecule has 0 bridgehead atoms. The Hall–Kier alpha value is -3.48. The molecule has 162 valence electrons. The summed E-state index contributed by atoms with van der Waals surface area (Å²) in [6.45, 7) is 6.24. The van der Waals surface area contributed by atoms with Crippen LogP contribution in [0, 0.1) is 13.8 Å². The summed E-state index contributed by atoms with van der Waals surface area (Å²) in [7, 11) is 3.29. The Morgan fingerprint density at radius 3 is 2.48 bits per heavy atom. The average Bonchev–Trinajstić information content (AvgIpc) is 2.78. The fourth-order valence-corrected chi connectivity index (χ4v) is 3.12. The molecule has 0 aliphatic rings. The number of oxime groups is 1. The topological polar surface area (TPSA) is 78.7 Å². The molecule has 0 radical (unpaired) electrons. The summed E-state index contributed by atoms with van der Waals surface area (Å²) in [4.78, 5) is 19.3. The van der Waals surface area contributed by atoms with Gasteiger partial charge >= 0.3 is 0 Å². The minimum atomic E-state index is 0.467. The van der Waals surface area contributed by atoms with Crippen molar-refractivity contribution < 1.29 is 14.3 Å². The molecule has 0 N–H and O–H groups in total. The zero-order valence-corrected chi connectivity index (χ0v) is 18.7. The van der Waals surface area contributed by atoms with Gasteiger partial charge in [-0.2, -0.15) is 0 Å². The zero-order chi connectivity index (χ0) is 22.2. The molecule has 0 aliphatic heterocycles. The molecule has 3 rings (SSSR count). The van der Waals surface area contributed by atoms with Crippen molar-refractivity contribution >= 4 is 5.71 Å². The molecule has 0 unspecified atom stereocenters. The van der Waals surface area contributed by atoms with Crippen LogP contribution in [0.25, 0.3) is 11.4 Å². The van der Waals surface area contributed by atoms with Crippen molar-refractivity contribution in [3.05, 3.63) is 65.2 Å². The van der Waals surface area contributed by atoms with Crippen LogP contribution in [-0.4, -0.2) is 41.5 Å². The number of methoxy groups -OCH3 is 2. The summed E-state index contributed by atoms with van der Waals surface area (Å²) in [6.07, 6.45) is 1.44. The van der Waals surface area contributed by atoms with E-state index in [9.17, 15) is 0 Å². The normalized spacial score (nSPS) is 11.3. The van der Waals surface area contributed by atoms with Gasteiger partial charge in [0.2, 0.25) is 0 Å². The number of hydrogen-bond acceptors (Lipinski definition) is 7. The van der Waals surface area contributed by atoms with E-state index in [0.29, 0.717) is 13.0 Å². The van der Waals surface area contributed by atoms with Crippen molar-refractivity contribution in [3.8, 4) is 22.9 Å². The van der Waals surface area contributed by atoms with Gasteiger partial charge < -0.3 is 14.3 Å². The Morgan fingerprint density at radius 1 is 0.903 bits per heavy atom. The summed E-state index contributed by atoms with van der Waals surface area (Å²) >= 11 is 0. The fourth-order valence-electron chi connectivity index (χ4n) is 3.12. The molecule has 7 nitrogen and oxygen atoms in total. The Morgan fingerprint density at radius 2 is 1.74 bits per heavy atom. The molecule has 7 heteroatoms. The summed E-state index contributed by atoms with van der Waals surface area (Å²) in [6, 6.07) is 13.4. The third kappa shape index (κ3) is 6.01. The van der Waals surface area contributed by atoms with E-state index in [1.165, 1.54) is 0 Å². The van der Waals surface area contributed by atoms with Crippen LogP contribution in [0.15, 0.2) is 47.6 Å². The lowest BCUT2D eigenvalue weighted by atomic mass is 10.1. The first kappa shape index (κ1) is 22.2. The van der Waals surface area contributed by atoms with Crippen molar-refractivity contribution in [1.29, 1.82) is 0 Å². The van der Waals surface area contributed by atoms with Crippen LogP contribution in [-0.2, 0) is 11.3 Å². The van der Waals surface area contributed by atoms with Gasteiger partial charge in [-0.25, -0.2) is 4.98 Å². The number of hydrogen-bond donors (Lipinski definition) is 0. The second kappa shape index (κ2) is 10.5. The molecule has 31 heavy (non-hydrogen) atoms. The van der Waals surface area contributed by atoms with Gasteiger partial charge in [-0.05, 0) is 57.9 Å². The van der Waals surface area contributed by atoms with Gasteiger partial charge in [-0.15, -0.1) is 0 Å². The number of ether oxygens (including phenoxy) is 2. The Balaban J connectivity index is 1.65. The molecular formula is C24H28N4O3. The highest BCUT2D eigenvalue weighted by atomic mass is 16.6. The van der Waals surface area contributed by atoms with Crippen molar-refractivity contribution in [2.75, 3.05) is 20.8 Å². The Bertz CT molecular complexity index is 1070. The van der Waals surface area contributed by atoms with E-state index in [2.05, 4.69) is 15.1 Å². The number of aryl methyl sites for hydroxylation is 3. The standard InChI is InChI=1S/C24H28N4O3/c1-16-8-6-9-20(25-16)18(3)28-31-13-7-10-22-24(30-5)12-11-21(27-22)23-15-19(29-4)14-17(2)26-23/h6,8-9,11-12,14-15H,7,10,13H2,1-5H3/b28-18+. The molecule has 3 aromatic rings. The maximum Gasteiger partial charge on any atom is 0.140 e. The maximum absolute atomic E-state index is 5.50. The predicted octanol–water partition coefficient (Wildman–Crippen LogP) is 4.55. The summed E-state index contributed by atoms with van der Waals surface area (Å²) in [5.41, 5.74) is 5.79. The first-order valence-electron chi connectivity index (χ1n) is 10.2. The number of aromatic nitrogens is 3. The van der Waals surface area contributed by atoms with Crippen molar-refractivity contribution in [3.63, 3.8) is 0 Å². The van der Waals surface area contributed by atoms with Gasteiger partial charge in [0.15, 0.2) is 0 Å². The van der Waals surface area contributed by atoms with Gasteiger partial charge in [0.1, 0.15) is 23.8 Å². The minimum absolute atomic E-state index is 0.467. The average molecular weight is 421 g/mol. The zero-order valence-electron chi connectivity index (χ0n) is 18.7. The van der Waals surface area contributed by atoms with E-state index in [1.807, 2.05) is 63.2 Å². The second-order valence-corrected chi connectivity index (χ2v) is 7.16. The highest BCUT2D eigenvalue weighted by molar-refractivity contribution is 5.96. The maximum atomic E-state index is 5.50. The van der Waals surface area contributed by atoms with Gasteiger partial charge in [0.25, 0.3) is 0 Å². The monoisotopic (exact) mass is 420 g/mol. The Labute approximate surface area is 183 Å². The van der Waals surface area contributed by atoms with Crippen molar-refractivity contribution in [1.82, 2.24) is 15.0 Å². The fraction of sp³-hybridized carbons (Fsp3) is 0.333. The molecule has 3 heterocycles. The first-order valence-corrected chi connectivity index (χ1v) is 10.2. The number of rotatable bonds is 9. The van der Waals surface area contributed by atoms with Crippen LogP contribution in [0.5, 0.6) is 11.5 Å². The lowest BCUT2D eigenvalue weighted by molar-refractivity contribution is 0.141. The van der Waals surface area contributed by atoms with Crippen LogP contribution in [0.2, 0.25) is 0 Å². The largest absolute Gasteiger partial charge is 0.497 e. The van der Waals surface area contributed by atoms with Gasteiger partial charge in [0.05, 0.1) is 37.0 Å². The highest BCUT2D eigenvalue weighted by Crippen LogP contribution is 2.26. The molecular weight excluding hydrogens is 392 g/mol. The number of nitrogens with zero attached hydrogens (tertiary/aromatic N) is 4. The van der Waals surface area contributed by atoms with Crippen LogP contribution in [0.1, 0.15) is 36.1 Å². The highest BCUT2D eigenvalue weighted by Gasteiger charge is 2.11. The smallest absolute Gasteiger partial charge is 0.140 e. The molecule has 0 spiro atoms. The van der Waals surface area contributed by atoms with Gasteiger partial charge in [-0.3, -0.25) is 9.97 Å². The molecule has 0 saturated carbocycles. The molecule has 0 aromatic carbocycles. The molecule has 0 fully saturated rings. The lowest BCUT2D eigenvalue weighted by Crippen LogP contribution is -2.03. The van der Waals surface area contributed by atoms with E-state index in [4.69, 9.17) is 19.3 Å². The molecule has 0 amide bonds. The van der Waals surface area contributed by atoms with E-state index < -0.39 is 0 Å². The summed E-state index contributed by atoms with van der Waals surface area (Å²) in [5.74, 6) is 1.50. The van der Waals surface area contributed by atoms with Crippen LogP contribution in [0.3, 0.4) is 0 Å². The summed E-state index contributed by atoms with van der Waals surface area (Å²) < 4.78 is 10.8. The van der Waals surface area contributed by atoms with Crippen LogP contribution >= 0.6 is 0 Å². The third-order valence-corrected chi connectivity index (χ3v) is 4.69. The van der Waals surface area contributed by atoms with E-state index in [0.717, 1.165) is 57.8 Å². The first-order chi connectivity index (χ1) is 15.0. The minimum Gasteiger partial charge on any atom is -0.497 e. The quantitative estimate of drug-likeness (QED) is 0.287. The second-order valence-electron chi connectivity index (χ2n) is 7.16. The lowest BCUT2D eigenvalue weighted by Gasteiger charge is -2.11. The predicted molar refractivity (Wildman–Crippen MR) is 121 cm³/mol. The van der Waals surface area contributed by atoms with Crippen LogP contribution < -0.4 is 9.47 Å². The number of pyridine rings is 3. The van der Waals surface area contributed by atoms with E-state index in [-0.39, 0.29) is 0 Å². The van der Waals surface area contributed by atoms with E-state index in [1.54, 1.807) is 14.2 Å². The molecule has 0 saturated heterocycles. The third-order valence-electron chi connectivity index (χ3n) is 4.69. The van der Waals surface area contributed by atoms with Gasteiger partial charge in [0, 0.05) is 23.5 Å². The molecule has 0 aliphatic carbocycles. The molecule has 3 aromatic heterocycles. The van der Waals surface area contributed by atoms with Crippen LogP contribution in [0.4, 0.5) is 0 Å². The summed E-state index contributed by atoms with van der Waals surface area (Å²) in [5, 5.41) is 4.18. The Kier molecular flexibility index (Phi) is 7.54. The SMILES string of the molecule is COc1cc(C)nc(-c2ccc(OC)c(CCCO/N=C(\C)c3cccc(C)n3)n2)c1.